The van der Waals surface area contributed by atoms with Crippen LogP contribution in [0, 0.1) is 0 Å². The molecule has 0 radical (unpaired) electrons. The van der Waals surface area contributed by atoms with E-state index in [-0.39, 0.29) is 17.6 Å². The highest BCUT2D eigenvalue weighted by Gasteiger charge is 2.32. The Labute approximate surface area is 120 Å². The lowest BCUT2D eigenvalue weighted by molar-refractivity contribution is -0.136. The van der Waals surface area contributed by atoms with E-state index in [4.69, 9.17) is 5.11 Å². The molecule has 1 saturated heterocycles. The molecule has 21 heavy (non-hydrogen) atoms. The van der Waals surface area contributed by atoms with Crippen molar-refractivity contribution in [3.05, 3.63) is 47.8 Å². The van der Waals surface area contributed by atoms with Crippen molar-refractivity contribution in [1.82, 2.24) is 19.9 Å². The fraction of sp³-hybridized carbons (Fsp3) is 0.286. The molecule has 1 aliphatic rings. The maximum Gasteiger partial charge on any atom is 0.358 e. The van der Waals surface area contributed by atoms with Crippen LogP contribution in [0.1, 0.15) is 22.1 Å². The number of hydrogen-bond acceptors (Lipinski definition) is 4. The lowest BCUT2D eigenvalue weighted by Gasteiger charge is -2.38. The average molecular weight is 286 g/mol. The second-order valence-electron chi connectivity index (χ2n) is 5.00. The third kappa shape index (κ3) is 2.76. The molecule has 0 unspecified atom stereocenters. The molecule has 3 rings (SSSR count). The van der Waals surface area contributed by atoms with Crippen LogP contribution in [-0.4, -0.2) is 50.0 Å². The summed E-state index contributed by atoms with van der Waals surface area (Å²) in [5, 5.41) is 16.1. The predicted molar refractivity (Wildman–Crippen MR) is 72.7 cm³/mol. The highest BCUT2D eigenvalue weighted by atomic mass is 16.4. The molecule has 7 heteroatoms. The molecule has 108 valence electrons. The lowest BCUT2D eigenvalue weighted by atomic mass is 10.1. The highest BCUT2D eigenvalue weighted by Crippen LogP contribution is 2.21. The Kier molecular flexibility index (Phi) is 3.39. The first-order valence-corrected chi connectivity index (χ1v) is 6.60. The van der Waals surface area contributed by atoms with Gasteiger partial charge in [-0.3, -0.25) is 4.79 Å². The minimum Gasteiger partial charge on any atom is -0.476 e. The molecule has 1 aromatic carbocycles. The largest absolute Gasteiger partial charge is 0.476 e. The molecule has 1 fully saturated rings. The van der Waals surface area contributed by atoms with Gasteiger partial charge in [0.2, 0.25) is 5.91 Å². The molecule has 2 aromatic rings. The summed E-state index contributed by atoms with van der Waals surface area (Å²) in [6.45, 7) is 1.07. The number of carboxylic acids is 1. The predicted octanol–water partition coefficient (Wildman–Crippen LogP) is 0.602. The fourth-order valence-corrected chi connectivity index (χ4v) is 2.26. The van der Waals surface area contributed by atoms with Gasteiger partial charge >= 0.3 is 5.97 Å². The smallest absolute Gasteiger partial charge is 0.358 e. The van der Waals surface area contributed by atoms with Crippen LogP contribution in [0.25, 0.3) is 0 Å². The molecule has 7 nitrogen and oxygen atoms in total. The quantitative estimate of drug-likeness (QED) is 0.889. The van der Waals surface area contributed by atoms with Crippen molar-refractivity contribution in [3.8, 4) is 0 Å². The maximum atomic E-state index is 12.1. The highest BCUT2D eigenvalue weighted by molar-refractivity contribution is 5.84. The Balaban J connectivity index is 1.55. The van der Waals surface area contributed by atoms with Gasteiger partial charge in [-0.25, -0.2) is 9.48 Å². The summed E-state index contributed by atoms with van der Waals surface area (Å²) in [5.74, 6) is -1.03. The molecular weight excluding hydrogens is 272 g/mol. The third-order valence-electron chi connectivity index (χ3n) is 3.52. The summed E-state index contributed by atoms with van der Waals surface area (Å²) in [4.78, 5) is 24.5. The van der Waals surface area contributed by atoms with Gasteiger partial charge in [0.05, 0.1) is 18.7 Å². The van der Waals surface area contributed by atoms with Gasteiger partial charge in [-0.15, -0.1) is 5.10 Å². The van der Waals surface area contributed by atoms with Gasteiger partial charge in [-0.2, -0.15) is 0 Å². The van der Waals surface area contributed by atoms with Gasteiger partial charge in [0.15, 0.2) is 5.69 Å². The van der Waals surface area contributed by atoms with Gasteiger partial charge in [0.25, 0.3) is 0 Å². The number of carbonyl (C=O) groups excluding carboxylic acids is 1. The SMILES string of the molecule is O=C(O)c1cn(C2CN(C(=O)Cc3ccccc3)C2)nn1. The van der Waals surface area contributed by atoms with E-state index in [1.54, 1.807) is 4.90 Å². The summed E-state index contributed by atoms with van der Waals surface area (Å²) in [7, 11) is 0. The van der Waals surface area contributed by atoms with E-state index in [9.17, 15) is 9.59 Å². The standard InChI is InChI=1S/C14H14N4O3/c19-13(6-10-4-2-1-3-5-10)17-7-11(8-17)18-9-12(14(20)21)15-16-18/h1-5,9,11H,6-8H2,(H,20,21). The number of aromatic carboxylic acids is 1. The van der Waals surface area contributed by atoms with Crippen molar-refractivity contribution >= 4 is 11.9 Å². The second-order valence-corrected chi connectivity index (χ2v) is 5.00. The number of hydrogen-bond donors (Lipinski definition) is 1. The van der Waals surface area contributed by atoms with E-state index >= 15 is 0 Å². The average Bonchev–Trinajstić information content (AvgIpc) is 2.88. The molecule has 1 amide bonds. The Hall–Kier alpha value is -2.70. The first kappa shape index (κ1) is 13.3. The van der Waals surface area contributed by atoms with Crippen molar-refractivity contribution in [1.29, 1.82) is 0 Å². The van der Waals surface area contributed by atoms with Crippen LogP contribution in [0.15, 0.2) is 36.5 Å². The first-order chi connectivity index (χ1) is 10.1. The number of carbonyl (C=O) groups is 2. The Morgan fingerprint density at radius 2 is 1.95 bits per heavy atom. The number of carboxylic acid groups (broad SMARTS) is 1. The monoisotopic (exact) mass is 286 g/mol. The summed E-state index contributed by atoms with van der Waals surface area (Å²) in [5.41, 5.74) is 0.906. The van der Waals surface area contributed by atoms with Crippen molar-refractivity contribution in [2.45, 2.75) is 12.5 Å². The minimum absolute atomic E-state index is 0.00493. The number of rotatable bonds is 4. The summed E-state index contributed by atoms with van der Waals surface area (Å²) in [6.07, 6.45) is 1.78. The van der Waals surface area contributed by atoms with Gasteiger partial charge in [0, 0.05) is 13.1 Å². The van der Waals surface area contributed by atoms with Gasteiger partial charge < -0.3 is 10.0 Å². The topological polar surface area (TPSA) is 88.3 Å². The molecule has 0 bridgehead atoms. The number of benzene rings is 1. The van der Waals surface area contributed by atoms with E-state index in [1.165, 1.54) is 10.9 Å². The number of nitrogens with zero attached hydrogens (tertiary/aromatic N) is 4. The third-order valence-corrected chi connectivity index (χ3v) is 3.52. The van der Waals surface area contributed by atoms with Crippen LogP contribution in [0.3, 0.4) is 0 Å². The summed E-state index contributed by atoms with van der Waals surface area (Å²) in [6, 6.07) is 9.58. The molecular formula is C14H14N4O3. The first-order valence-electron chi connectivity index (χ1n) is 6.60. The Bertz CT molecular complexity index is 662. The molecule has 0 saturated carbocycles. The van der Waals surface area contributed by atoms with Crippen LogP contribution >= 0.6 is 0 Å². The van der Waals surface area contributed by atoms with Crippen LogP contribution in [0.4, 0.5) is 0 Å². The second kappa shape index (κ2) is 5.35. The number of likely N-dealkylation sites (tertiary alicyclic amines) is 1. The zero-order chi connectivity index (χ0) is 14.8. The van der Waals surface area contributed by atoms with Gasteiger partial charge in [0.1, 0.15) is 0 Å². The van der Waals surface area contributed by atoms with Crippen molar-refractivity contribution in [2.24, 2.45) is 0 Å². The van der Waals surface area contributed by atoms with Gasteiger partial charge in [-0.05, 0) is 5.56 Å². The molecule has 0 atom stereocenters. The van der Waals surface area contributed by atoms with Crippen LogP contribution < -0.4 is 0 Å². The maximum absolute atomic E-state index is 12.1. The fourth-order valence-electron chi connectivity index (χ4n) is 2.26. The normalized spacial score (nSPS) is 14.8. The van der Waals surface area contributed by atoms with Crippen molar-refractivity contribution in [2.75, 3.05) is 13.1 Å². The summed E-state index contributed by atoms with van der Waals surface area (Å²) >= 11 is 0. The molecule has 2 heterocycles. The minimum atomic E-state index is -1.10. The van der Waals surface area contributed by atoms with E-state index < -0.39 is 5.97 Å². The molecule has 0 aliphatic carbocycles. The van der Waals surface area contributed by atoms with Crippen molar-refractivity contribution < 1.29 is 14.7 Å². The zero-order valence-electron chi connectivity index (χ0n) is 11.2. The molecule has 1 N–H and O–H groups in total. The summed E-state index contributed by atoms with van der Waals surface area (Å²) < 4.78 is 1.51. The number of amides is 1. The van der Waals surface area contributed by atoms with Crippen LogP contribution in [-0.2, 0) is 11.2 Å². The lowest BCUT2D eigenvalue weighted by Crippen LogP contribution is -2.51. The van der Waals surface area contributed by atoms with Gasteiger partial charge in [-0.1, -0.05) is 35.5 Å². The zero-order valence-corrected chi connectivity index (χ0v) is 11.2. The van der Waals surface area contributed by atoms with E-state index in [2.05, 4.69) is 10.3 Å². The van der Waals surface area contributed by atoms with Crippen LogP contribution in [0.5, 0.6) is 0 Å². The molecule has 0 spiro atoms. The molecule has 1 aromatic heterocycles. The van der Waals surface area contributed by atoms with E-state index in [0.717, 1.165) is 5.56 Å². The van der Waals surface area contributed by atoms with E-state index in [0.29, 0.717) is 19.5 Å². The van der Waals surface area contributed by atoms with Crippen LogP contribution in [0.2, 0.25) is 0 Å². The Morgan fingerprint density at radius 3 is 2.57 bits per heavy atom. The Morgan fingerprint density at radius 1 is 1.24 bits per heavy atom. The van der Waals surface area contributed by atoms with E-state index in [1.807, 2.05) is 30.3 Å². The molecule has 1 aliphatic heterocycles. The van der Waals surface area contributed by atoms with Crippen molar-refractivity contribution in [3.63, 3.8) is 0 Å². The number of aromatic nitrogens is 3.